The molecule has 0 saturated carbocycles. The monoisotopic (exact) mass is 375 g/mol. The van der Waals surface area contributed by atoms with Crippen LogP contribution in [0.25, 0.3) is 0 Å². The summed E-state index contributed by atoms with van der Waals surface area (Å²) in [5.74, 6) is 0.537. The van der Waals surface area contributed by atoms with Crippen molar-refractivity contribution in [2.75, 3.05) is 20.2 Å². The van der Waals surface area contributed by atoms with Crippen LogP contribution in [0.4, 0.5) is 8.78 Å². The van der Waals surface area contributed by atoms with Crippen LogP contribution in [-0.4, -0.2) is 37.7 Å². The molecule has 0 aliphatic carbocycles. The van der Waals surface area contributed by atoms with Crippen molar-refractivity contribution in [2.45, 2.75) is 25.7 Å². The average molecular weight is 375 g/mol. The summed E-state index contributed by atoms with van der Waals surface area (Å²) in [5.41, 5.74) is 8.21. The lowest BCUT2D eigenvalue weighted by Crippen LogP contribution is -2.34. The second kappa shape index (κ2) is 7.92. The highest BCUT2D eigenvalue weighted by Gasteiger charge is 2.40. The molecule has 1 aliphatic heterocycles. The SMILES string of the molecule is CCOCc1cccc(C2(c3ccc(OC(F)F)cc3)CN(C)C(N)=N2)c1. The second-order valence-electron chi connectivity index (χ2n) is 6.43. The van der Waals surface area contributed by atoms with Crippen LogP contribution in [0.15, 0.2) is 53.5 Å². The van der Waals surface area contributed by atoms with Gasteiger partial charge in [-0.2, -0.15) is 8.78 Å². The summed E-state index contributed by atoms with van der Waals surface area (Å²) >= 11 is 0. The molecule has 1 atom stereocenters. The highest BCUT2D eigenvalue weighted by Crippen LogP contribution is 2.39. The number of alkyl halides is 2. The van der Waals surface area contributed by atoms with Gasteiger partial charge in [-0.3, -0.25) is 0 Å². The fourth-order valence-corrected chi connectivity index (χ4v) is 3.27. The number of nitrogens with two attached hydrogens (primary N) is 1. The molecule has 0 bridgehead atoms. The van der Waals surface area contributed by atoms with Crippen molar-refractivity contribution in [1.29, 1.82) is 0 Å². The number of hydrogen-bond acceptors (Lipinski definition) is 5. The molecule has 0 amide bonds. The third-order valence-corrected chi connectivity index (χ3v) is 4.60. The molecule has 0 aromatic heterocycles. The molecule has 2 aromatic rings. The number of guanidine groups is 1. The molecule has 0 saturated heterocycles. The topological polar surface area (TPSA) is 60.1 Å². The summed E-state index contributed by atoms with van der Waals surface area (Å²) in [6, 6.07) is 14.6. The molecule has 1 aliphatic rings. The van der Waals surface area contributed by atoms with E-state index in [4.69, 9.17) is 15.5 Å². The molecule has 0 fully saturated rings. The number of likely N-dealkylation sites (N-methyl/N-ethyl adjacent to an activating group) is 1. The van der Waals surface area contributed by atoms with Crippen LogP contribution < -0.4 is 10.5 Å². The minimum atomic E-state index is -2.86. The van der Waals surface area contributed by atoms with Gasteiger partial charge >= 0.3 is 6.61 Å². The summed E-state index contributed by atoms with van der Waals surface area (Å²) in [6.07, 6.45) is 0. The first-order chi connectivity index (χ1) is 12.9. The Balaban J connectivity index is 2.01. The number of halogens is 2. The molecular formula is C20H23F2N3O2. The van der Waals surface area contributed by atoms with Crippen LogP contribution in [0, 0.1) is 0 Å². The Morgan fingerprint density at radius 3 is 2.52 bits per heavy atom. The third-order valence-electron chi connectivity index (χ3n) is 4.60. The number of ether oxygens (including phenoxy) is 2. The van der Waals surface area contributed by atoms with E-state index in [0.717, 1.165) is 16.7 Å². The number of aliphatic imine (C=N–C) groups is 1. The van der Waals surface area contributed by atoms with Crippen molar-refractivity contribution < 1.29 is 18.3 Å². The van der Waals surface area contributed by atoms with Crippen molar-refractivity contribution in [2.24, 2.45) is 10.7 Å². The van der Waals surface area contributed by atoms with Crippen LogP contribution in [0.1, 0.15) is 23.6 Å². The van der Waals surface area contributed by atoms with E-state index in [9.17, 15) is 8.78 Å². The van der Waals surface area contributed by atoms with E-state index in [2.05, 4.69) is 10.8 Å². The normalized spacial score (nSPS) is 19.4. The standard InChI is InChI=1S/C20H23F2N3O2/c1-3-26-12-14-5-4-6-16(11-14)20(13-25(2)19(23)24-20)15-7-9-17(10-8-15)27-18(21)22/h4-11,18H,3,12-13H2,1-2H3,(H2,23,24). The molecule has 0 radical (unpaired) electrons. The van der Waals surface area contributed by atoms with Gasteiger partial charge < -0.3 is 20.1 Å². The van der Waals surface area contributed by atoms with E-state index in [1.54, 1.807) is 12.1 Å². The molecule has 7 heteroatoms. The lowest BCUT2D eigenvalue weighted by Gasteiger charge is -2.28. The Labute approximate surface area is 157 Å². The van der Waals surface area contributed by atoms with Gasteiger partial charge in [0.25, 0.3) is 0 Å². The van der Waals surface area contributed by atoms with E-state index >= 15 is 0 Å². The minimum Gasteiger partial charge on any atom is -0.435 e. The molecule has 1 unspecified atom stereocenters. The van der Waals surface area contributed by atoms with Crippen molar-refractivity contribution in [1.82, 2.24) is 4.90 Å². The van der Waals surface area contributed by atoms with Crippen LogP contribution in [0.2, 0.25) is 0 Å². The van der Waals surface area contributed by atoms with Gasteiger partial charge in [0.2, 0.25) is 0 Å². The first kappa shape index (κ1) is 19.1. The summed E-state index contributed by atoms with van der Waals surface area (Å²) < 4.78 is 34.8. The molecule has 2 N–H and O–H groups in total. The Kier molecular flexibility index (Phi) is 5.60. The quantitative estimate of drug-likeness (QED) is 0.806. The van der Waals surface area contributed by atoms with E-state index in [-0.39, 0.29) is 5.75 Å². The Morgan fingerprint density at radius 1 is 1.19 bits per heavy atom. The van der Waals surface area contributed by atoms with Crippen LogP contribution in [0.5, 0.6) is 5.75 Å². The zero-order valence-electron chi connectivity index (χ0n) is 15.4. The molecular weight excluding hydrogens is 352 g/mol. The molecule has 5 nitrogen and oxygen atoms in total. The second-order valence-corrected chi connectivity index (χ2v) is 6.43. The lowest BCUT2D eigenvalue weighted by molar-refractivity contribution is -0.0498. The third kappa shape index (κ3) is 4.03. The van der Waals surface area contributed by atoms with E-state index in [1.165, 1.54) is 12.1 Å². The zero-order chi connectivity index (χ0) is 19.4. The number of benzene rings is 2. The highest BCUT2D eigenvalue weighted by molar-refractivity contribution is 5.81. The highest BCUT2D eigenvalue weighted by atomic mass is 19.3. The Bertz CT molecular complexity index is 811. The first-order valence-electron chi connectivity index (χ1n) is 8.73. The molecule has 27 heavy (non-hydrogen) atoms. The predicted octanol–water partition coefficient (Wildman–Crippen LogP) is 3.33. The van der Waals surface area contributed by atoms with Crippen LogP contribution >= 0.6 is 0 Å². The molecule has 1 heterocycles. The first-order valence-corrected chi connectivity index (χ1v) is 8.73. The fourth-order valence-electron chi connectivity index (χ4n) is 3.27. The number of hydrogen-bond donors (Lipinski definition) is 1. The average Bonchev–Trinajstić information content (AvgIpc) is 2.96. The molecule has 2 aromatic carbocycles. The maximum atomic E-state index is 12.4. The molecule has 144 valence electrons. The lowest BCUT2D eigenvalue weighted by atomic mass is 9.83. The van der Waals surface area contributed by atoms with Gasteiger partial charge in [0.15, 0.2) is 5.96 Å². The van der Waals surface area contributed by atoms with Crippen molar-refractivity contribution in [3.63, 3.8) is 0 Å². The largest absolute Gasteiger partial charge is 0.435 e. The van der Waals surface area contributed by atoms with Crippen molar-refractivity contribution in [3.05, 3.63) is 65.2 Å². The number of nitrogens with zero attached hydrogens (tertiary/aromatic N) is 2. The van der Waals surface area contributed by atoms with E-state index in [0.29, 0.717) is 25.7 Å². The van der Waals surface area contributed by atoms with Crippen LogP contribution in [-0.2, 0) is 16.9 Å². The summed E-state index contributed by atoms with van der Waals surface area (Å²) in [6.45, 7) is 0.786. The fraction of sp³-hybridized carbons (Fsp3) is 0.350. The minimum absolute atomic E-state index is 0.109. The Morgan fingerprint density at radius 2 is 1.93 bits per heavy atom. The van der Waals surface area contributed by atoms with Gasteiger partial charge in [-0.1, -0.05) is 36.4 Å². The Hall–Kier alpha value is -2.67. The zero-order valence-corrected chi connectivity index (χ0v) is 15.4. The van der Waals surface area contributed by atoms with Gasteiger partial charge in [0, 0.05) is 13.7 Å². The van der Waals surface area contributed by atoms with Gasteiger partial charge in [-0.25, -0.2) is 4.99 Å². The summed E-state index contributed by atoms with van der Waals surface area (Å²) in [4.78, 5) is 6.62. The predicted molar refractivity (Wildman–Crippen MR) is 99.9 cm³/mol. The molecule has 3 rings (SSSR count). The van der Waals surface area contributed by atoms with Crippen molar-refractivity contribution in [3.8, 4) is 5.75 Å². The molecule has 0 spiro atoms. The summed E-state index contributed by atoms with van der Waals surface area (Å²) in [7, 11) is 1.87. The van der Waals surface area contributed by atoms with Gasteiger partial charge in [-0.05, 0) is 35.7 Å². The maximum absolute atomic E-state index is 12.4. The van der Waals surface area contributed by atoms with E-state index in [1.807, 2.05) is 37.1 Å². The van der Waals surface area contributed by atoms with Crippen LogP contribution in [0.3, 0.4) is 0 Å². The van der Waals surface area contributed by atoms with Gasteiger partial charge in [0.1, 0.15) is 11.3 Å². The van der Waals surface area contributed by atoms with Gasteiger partial charge in [0.05, 0.1) is 13.2 Å². The smallest absolute Gasteiger partial charge is 0.387 e. The maximum Gasteiger partial charge on any atom is 0.387 e. The van der Waals surface area contributed by atoms with Crippen molar-refractivity contribution >= 4 is 5.96 Å². The summed E-state index contributed by atoms with van der Waals surface area (Å²) in [5, 5.41) is 0. The van der Waals surface area contributed by atoms with E-state index < -0.39 is 12.2 Å². The van der Waals surface area contributed by atoms with Gasteiger partial charge in [-0.15, -0.1) is 0 Å². The number of rotatable bonds is 7.